The van der Waals surface area contributed by atoms with Crippen LogP contribution in [0.25, 0.3) is 0 Å². The highest BCUT2D eigenvalue weighted by Crippen LogP contribution is 2.40. The van der Waals surface area contributed by atoms with E-state index in [4.69, 9.17) is 0 Å². The monoisotopic (exact) mass is 479 g/mol. The first-order chi connectivity index (χ1) is 15.7. The van der Waals surface area contributed by atoms with Crippen molar-refractivity contribution in [1.82, 2.24) is 0 Å². The first-order valence-electron chi connectivity index (χ1n) is 12.3. The molecule has 1 heterocycles. The molecular weight excluding hydrogens is 439 g/mol. The van der Waals surface area contributed by atoms with Crippen molar-refractivity contribution in [3.8, 4) is 0 Å². The Balaban J connectivity index is 0.000000739. The van der Waals surface area contributed by atoms with Gasteiger partial charge in [0.2, 0.25) is 0 Å². The zero-order valence-electron chi connectivity index (χ0n) is 21.9. The van der Waals surface area contributed by atoms with Crippen LogP contribution in [0.4, 0.5) is 28.6 Å². The van der Waals surface area contributed by atoms with Crippen molar-refractivity contribution in [1.29, 1.82) is 0 Å². The summed E-state index contributed by atoms with van der Waals surface area (Å²) in [7, 11) is -6.00. The van der Waals surface area contributed by atoms with E-state index in [9.17, 15) is 17.3 Å². The standard InChI is InChI=1S/C27H40N2.BF4/c1-18(2)22-11-9-12-23(19(3)4)26(22)28-15-16-29(17-28)27-24(20(5)6)13-10-14-25(27)21(7)8;2-1(3,4)5/h9-14,18-21H,15-17H2,1-8H3;/q;-1. The number of para-hydroxylation sites is 2. The third kappa shape index (κ3) is 7.16. The Hall–Kier alpha value is -2.18. The third-order valence-corrected chi connectivity index (χ3v) is 6.30. The van der Waals surface area contributed by atoms with Crippen LogP contribution in [0.2, 0.25) is 0 Å². The molecule has 0 atom stereocenters. The van der Waals surface area contributed by atoms with Gasteiger partial charge < -0.3 is 27.1 Å². The maximum atomic E-state index is 9.75. The van der Waals surface area contributed by atoms with Crippen LogP contribution in [0.3, 0.4) is 0 Å². The van der Waals surface area contributed by atoms with E-state index in [0.29, 0.717) is 23.7 Å². The number of benzene rings is 2. The van der Waals surface area contributed by atoms with Crippen molar-refractivity contribution in [2.24, 2.45) is 0 Å². The molecule has 1 aliphatic rings. The van der Waals surface area contributed by atoms with E-state index in [1.807, 2.05) is 0 Å². The summed E-state index contributed by atoms with van der Waals surface area (Å²) in [6.07, 6.45) is 0. The van der Waals surface area contributed by atoms with E-state index in [0.717, 1.165) is 19.8 Å². The molecule has 1 fully saturated rings. The second kappa shape index (κ2) is 11.5. The Kier molecular flexibility index (Phi) is 9.49. The maximum Gasteiger partial charge on any atom is 0.673 e. The molecule has 0 saturated carbocycles. The minimum Gasteiger partial charge on any atom is -0.418 e. The number of rotatable bonds is 6. The summed E-state index contributed by atoms with van der Waals surface area (Å²) >= 11 is 0. The van der Waals surface area contributed by atoms with Gasteiger partial charge in [-0.25, -0.2) is 0 Å². The van der Waals surface area contributed by atoms with Crippen LogP contribution in [0, 0.1) is 0 Å². The summed E-state index contributed by atoms with van der Waals surface area (Å²) < 4.78 is 39.0. The fraction of sp³-hybridized carbons (Fsp3) is 0.556. The van der Waals surface area contributed by atoms with Crippen molar-refractivity contribution in [2.75, 3.05) is 29.6 Å². The first kappa shape index (κ1) is 28.1. The molecule has 2 nitrogen and oxygen atoms in total. The summed E-state index contributed by atoms with van der Waals surface area (Å²) in [4.78, 5) is 5.26. The van der Waals surface area contributed by atoms with Gasteiger partial charge in [0, 0.05) is 24.5 Å². The molecule has 0 amide bonds. The molecule has 0 bridgehead atoms. The SMILES string of the molecule is CC(C)c1cccc(C(C)C)c1N1CCN(c2c(C(C)C)cccc2C(C)C)C1.F[B-](F)(F)F. The molecule has 0 aliphatic carbocycles. The van der Waals surface area contributed by atoms with Gasteiger partial charge in [-0.2, -0.15) is 0 Å². The van der Waals surface area contributed by atoms with Gasteiger partial charge in [-0.15, -0.1) is 0 Å². The largest absolute Gasteiger partial charge is 0.673 e. The van der Waals surface area contributed by atoms with E-state index in [-0.39, 0.29) is 0 Å². The summed E-state index contributed by atoms with van der Waals surface area (Å²) in [6.45, 7) is 21.7. The lowest BCUT2D eigenvalue weighted by atomic mass is 9.92. The van der Waals surface area contributed by atoms with E-state index in [1.54, 1.807) is 0 Å². The lowest BCUT2D eigenvalue weighted by Gasteiger charge is -2.31. The molecule has 0 unspecified atom stereocenters. The van der Waals surface area contributed by atoms with Gasteiger partial charge in [-0.05, 0) is 45.9 Å². The highest BCUT2D eigenvalue weighted by molar-refractivity contribution is 6.50. The molecule has 7 heteroatoms. The van der Waals surface area contributed by atoms with E-state index in [1.165, 1.54) is 33.6 Å². The van der Waals surface area contributed by atoms with Gasteiger partial charge in [0.05, 0.1) is 6.67 Å². The molecule has 2 aromatic carbocycles. The third-order valence-electron chi connectivity index (χ3n) is 6.30. The Labute approximate surface area is 203 Å². The molecule has 0 radical (unpaired) electrons. The number of anilines is 2. The second-order valence-electron chi connectivity index (χ2n) is 10.4. The lowest BCUT2D eigenvalue weighted by molar-refractivity contribution is 0.368. The summed E-state index contributed by atoms with van der Waals surface area (Å²) in [5.41, 5.74) is 8.90. The van der Waals surface area contributed by atoms with E-state index < -0.39 is 7.25 Å². The maximum absolute atomic E-state index is 9.75. The second-order valence-corrected chi connectivity index (χ2v) is 10.4. The number of halogens is 4. The van der Waals surface area contributed by atoms with Crippen LogP contribution in [0.5, 0.6) is 0 Å². The molecule has 0 spiro atoms. The van der Waals surface area contributed by atoms with Crippen LogP contribution in [-0.4, -0.2) is 27.0 Å². The zero-order valence-corrected chi connectivity index (χ0v) is 21.9. The Morgan fingerprint density at radius 1 is 0.559 bits per heavy atom. The van der Waals surface area contributed by atoms with Crippen molar-refractivity contribution >= 4 is 18.6 Å². The Bertz CT molecular complexity index is 811. The fourth-order valence-corrected chi connectivity index (χ4v) is 4.71. The van der Waals surface area contributed by atoms with Gasteiger partial charge in [-0.1, -0.05) is 91.8 Å². The van der Waals surface area contributed by atoms with Gasteiger partial charge in [0.25, 0.3) is 0 Å². The van der Waals surface area contributed by atoms with Crippen molar-refractivity contribution < 1.29 is 17.3 Å². The van der Waals surface area contributed by atoms with Crippen LogP contribution < -0.4 is 9.80 Å². The minimum atomic E-state index is -6.00. The van der Waals surface area contributed by atoms with Gasteiger partial charge in [-0.3, -0.25) is 0 Å². The minimum absolute atomic E-state index is 0.534. The average molecular weight is 479 g/mol. The molecule has 34 heavy (non-hydrogen) atoms. The predicted molar refractivity (Wildman–Crippen MR) is 139 cm³/mol. The van der Waals surface area contributed by atoms with Crippen LogP contribution in [0.1, 0.15) is 101 Å². The molecule has 190 valence electrons. The van der Waals surface area contributed by atoms with Gasteiger partial charge in [0.1, 0.15) is 0 Å². The fourth-order valence-electron chi connectivity index (χ4n) is 4.71. The highest BCUT2D eigenvalue weighted by Gasteiger charge is 2.29. The molecule has 1 saturated heterocycles. The quantitative estimate of drug-likeness (QED) is 0.302. The molecular formula is C27H40BF4N2-. The smallest absolute Gasteiger partial charge is 0.418 e. The Morgan fingerprint density at radius 2 is 0.794 bits per heavy atom. The van der Waals surface area contributed by atoms with Crippen molar-refractivity contribution in [3.05, 3.63) is 58.7 Å². The summed E-state index contributed by atoms with van der Waals surface area (Å²) in [6, 6.07) is 13.8. The van der Waals surface area contributed by atoms with Crippen LogP contribution in [0.15, 0.2) is 36.4 Å². The highest BCUT2D eigenvalue weighted by atomic mass is 19.5. The molecule has 0 aromatic heterocycles. The van der Waals surface area contributed by atoms with Crippen molar-refractivity contribution in [3.63, 3.8) is 0 Å². The molecule has 3 rings (SSSR count). The van der Waals surface area contributed by atoms with Gasteiger partial charge >= 0.3 is 7.25 Å². The van der Waals surface area contributed by atoms with Crippen LogP contribution in [-0.2, 0) is 0 Å². The van der Waals surface area contributed by atoms with Crippen LogP contribution >= 0.6 is 0 Å². The topological polar surface area (TPSA) is 6.48 Å². The molecule has 2 aromatic rings. The average Bonchev–Trinajstić information content (AvgIpc) is 3.20. The van der Waals surface area contributed by atoms with E-state index >= 15 is 0 Å². The van der Waals surface area contributed by atoms with E-state index in [2.05, 4.69) is 102 Å². The zero-order chi connectivity index (χ0) is 25.8. The number of nitrogens with zero attached hydrogens (tertiary/aromatic N) is 2. The summed E-state index contributed by atoms with van der Waals surface area (Å²) in [5, 5.41) is 0. The predicted octanol–water partition coefficient (Wildman–Crippen LogP) is 8.76. The first-order valence-corrected chi connectivity index (χ1v) is 12.3. The van der Waals surface area contributed by atoms with Gasteiger partial charge in [0.15, 0.2) is 0 Å². The van der Waals surface area contributed by atoms with Crippen molar-refractivity contribution in [2.45, 2.75) is 79.1 Å². The molecule has 1 aliphatic heterocycles. The summed E-state index contributed by atoms with van der Waals surface area (Å²) in [5.74, 6) is 2.14. The lowest BCUT2D eigenvalue weighted by Crippen LogP contribution is -2.28. The number of hydrogen-bond acceptors (Lipinski definition) is 2. The molecule has 0 N–H and O–H groups in total. The normalized spacial score (nSPS) is 14.5. The number of hydrogen-bond donors (Lipinski definition) is 0. The Morgan fingerprint density at radius 3 is 1.00 bits per heavy atom.